The highest BCUT2D eigenvalue weighted by Crippen LogP contribution is 2.23. The van der Waals surface area contributed by atoms with Crippen molar-refractivity contribution in [1.29, 1.82) is 5.26 Å². The fraction of sp³-hybridized carbons (Fsp3) is 0.357. The molecule has 1 nitrogen and oxygen atoms in total. The van der Waals surface area contributed by atoms with Gasteiger partial charge in [-0.25, -0.2) is 0 Å². The van der Waals surface area contributed by atoms with E-state index in [0.29, 0.717) is 0 Å². The lowest BCUT2D eigenvalue weighted by atomic mass is 9.95. The minimum atomic E-state index is 0.789. The highest BCUT2D eigenvalue weighted by Gasteiger charge is 2.04. The second kappa shape index (κ2) is 4.31. The van der Waals surface area contributed by atoms with Crippen LogP contribution in [-0.2, 0) is 0 Å². The minimum Gasteiger partial charge on any atom is -0.193 e. The summed E-state index contributed by atoms with van der Waals surface area (Å²) in [5.74, 6) is 0. The predicted molar refractivity (Wildman–Crippen MR) is 64.5 cm³/mol. The molecule has 0 N–H and O–H groups in total. The Labute approximate surface area is 92.1 Å². The standard InChI is InChI=1S/C14H17N/c1-9-6-14(7-10(2)12(9)4)13(5)11(3)8-15/h6-7H,1-5H3/b13-11-. The number of hydrogen-bond donors (Lipinski definition) is 0. The topological polar surface area (TPSA) is 23.8 Å². The molecule has 0 radical (unpaired) electrons. The Morgan fingerprint density at radius 3 is 1.93 bits per heavy atom. The van der Waals surface area contributed by atoms with Gasteiger partial charge < -0.3 is 0 Å². The number of rotatable bonds is 1. The van der Waals surface area contributed by atoms with Gasteiger partial charge in [-0.2, -0.15) is 5.26 Å². The molecule has 0 spiro atoms. The van der Waals surface area contributed by atoms with Crippen molar-refractivity contribution in [2.45, 2.75) is 34.6 Å². The lowest BCUT2D eigenvalue weighted by molar-refractivity contribution is 1.25. The Balaban J connectivity index is 3.37. The molecule has 0 unspecified atom stereocenters. The summed E-state index contributed by atoms with van der Waals surface area (Å²) in [6.45, 7) is 10.2. The van der Waals surface area contributed by atoms with Crippen molar-refractivity contribution in [1.82, 2.24) is 0 Å². The van der Waals surface area contributed by atoms with Crippen LogP contribution in [0.4, 0.5) is 0 Å². The van der Waals surface area contributed by atoms with Gasteiger partial charge in [0.05, 0.1) is 6.07 Å². The molecule has 0 aliphatic carbocycles. The summed E-state index contributed by atoms with van der Waals surface area (Å²) in [5.41, 5.74) is 6.93. The van der Waals surface area contributed by atoms with Crippen molar-refractivity contribution in [3.05, 3.63) is 40.0 Å². The van der Waals surface area contributed by atoms with E-state index in [-0.39, 0.29) is 0 Å². The second-order valence-corrected chi connectivity index (χ2v) is 4.10. The number of hydrogen-bond acceptors (Lipinski definition) is 1. The quantitative estimate of drug-likeness (QED) is 0.629. The maximum atomic E-state index is 8.85. The molecule has 0 bridgehead atoms. The number of nitrogens with zero attached hydrogens (tertiary/aromatic N) is 1. The molecule has 0 fully saturated rings. The zero-order valence-electron chi connectivity index (χ0n) is 10.1. The fourth-order valence-corrected chi connectivity index (χ4v) is 1.55. The third kappa shape index (κ3) is 2.27. The maximum absolute atomic E-state index is 8.85. The van der Waals surface area contributed by atoms with Crippen molar-refractivity contribution in [3.8, 4) is 6.07 Å². The first-order valence-corrected chi connectivity index (χ1v) is 5.13. The molecule has 15 heavy (non-hydrogen) atoms. The molecule has 0 amide bonds. The number of benzene rings is 1. The van der Waals surface area contributed by atoms with Gasteiger partial charge in [0.15, 0.2) is 0 Å². The average molecular weight is 199 g/mol. The summed E-state index contributed by atoms with van der Waals surface area (Å²) in [5, 5.41) is 8.85. The van der Waals surface area contributed by atoms with Crippen LogP contribution >= 0.6 is 0 Å². The van der Waals surface area contributed by atoms with Crippen molar-refractivity contribution in [3.63, 3.8) is 0 Å². The van der Waals surface area contributed by atoms with Crippen LogP contribution in [0.1, 0.15) is 36.1 Å². The van der Waals surface area contributed by atoms with Gasteiger partial charge in [-0.3, -0.25) is 0 Å². The van der Waals surface area contributed by atoms with Gasteiger partial charge in [-0.05, 0) is 62.4 Å². The van der Waals surface area contributed by atoms with E-state index < -0.39 is 0 Å². The maximum Gasteiger partial charge on any atom is 0.0947 e. The Kier molecular flexibility index (Phi) is 3.31. The zero-order chi connectivity index (χ0) is 11.6. The summed E-state index contributed by atoms with van der Waals surface area (Å²) in [6.07, 6.45) is 0. The normalized spacial score (nSPS) is 12.0. The molecule has 1 aromatic carbocycles. The first kappa shape index (κ1) is 11.5. The molecule has 0 aliphatic rings. The molecule has 1 rings (SSSR count). The van der Waals surface area contributed by atoms with Crippen LogP contribution in [0.2, 0.25) is 0 Å². The van der Waals surface area contributed by atoms with E-state index in [1.807, 2.05) is 13.8 Å². The Hall–Kier alpha value is -1.55. The number of allylic oxidation sites excluding steroid dienone is 2. The van der Waals surface area contributed by atoms with Gasteiger partial charge in [-0.1, -0.05) is 12.1 Å². The zero-order valence-corrected chi connectivity index (χ0v) is 10.1. The van der Waals surface area contributed by atoms with Gasteiger partial charge in [0.2, 0.25) is 0 Å². The van der Waals surface area contributed by atoms with Crippen LogP contribution in [0.15, 0.2) is 17.7 Å². The van der Waals surface area contributed by atoms with Crippen LogP contribution in [0.25, 0.3) is 5.57 Å². The van der Waals surface area contributed by atoms with Gasteiger partial charge >= 0.3 is 0 Å². The molecule has 0 atom stereocenters. The molecular formula is C14H17N. The average Bonchev–Trinajstić information content (AvgIpc) is 2.23. The van der Waals surface area contributed by atoms with E-state index in [9.17, 15) is 0 Å². The Bertz CT molecular complexity index is 436. The molecule has 0 heterocycles. The van der Waals surface area contributed by atoms with Crippen molar-refractivity contribution >= 4 is 5.57 Å². The summed E-state index contributed by atoms with van der Waals surface area (Å²) in [6, 6.07) is 6.50. The molecule has 0 aromatic heterocycles. The van der Waals surface area contributed by atoms with Gasteiger partial charge in [-0.15, -0.1) is 0 Å². The number of aryl methyl sites for hydroxylation is 2. The lowest BCUT2D eigenvalue weighted by Gasteiger charge is -2.10. The molecule has 0 saturated heterocycles. The van der Waals surface area contributed by atoms with Crippen LogP contribution in [0.5, 0.6) is 0 Å². The number of nitriles is 1. The third-order valence-corrected chi connectivity index (χ3v) is 3.09. The minimum absolute atomic E-state index is 0.789. The second-order valence-electron chi connectivity index (χ2n) is 4.10. The largest absolute Gasteiger partial charge is 0.193 e. The monoisotopic (exact) mass is 199 g/mol. The summed E-state index contributed by atoms with van der Waals surface area (Å²) < 4.78 is 0. The molecule has 0 aliphatic heterocycles. The van der Waals surface area contributed by atoms with E-state index in [1.54, 1.807) is 0 Å². The Morgan fingerprint density at radius 2 is 1.53 bits per heavy atom. The van der Waals surface area contributed by atoms with Crippen LogP contribution in [-0.4, -0.2) is 0 Å². The van der Waals surface area contributed by atoms with Crippen molar-refractivity contribution in [2.24, 2.45) is 0 Å². The van der Waals surface area contributed by atoms with E-state index in [0.717, 1.165) is 16.7 Å². The third-order valence-electron chi connectivity index (χ3n) is 3.09. The Morgan fingerprint density at radius 1 is 1.07 bits per heavy atom. The lowest BCUT2D eigenvalue weighted by Crippen LogP contribution is -1.91. The van der Waals surface area contributed by atoms with E-state index in [4.69, 9.17) is 5.26 Å². The summed E-state index contributed by atoms with van der Waals surface area (Å²) in [7, 11) is 0. The van der Waals surface area contributed by atoms with E-state index in [2.05, 4.69) is 39.0 Å². The molecule has 78 valence electrons. The molecule has 1 aromatic rings. The van der Waals surface area contributed by atoms with Gasteiger partial charge in [0, 0.05) is 5.57 Å². The molecular weight excluding hydrogens is 182 g/mol. The highest BCUT2D eigenvalue weighted by atomic mass is 14.2. The smallest absolute Gasteiger partial charge is 0.0947 e. The van der Waals surface area contributed by atoms with Gasteiger partial charge in [0.1, 0.15) is 0 Å². The van der Waals surface area contributed by atoms with Crippen LogP contribution in [0.3, 0.4) is 0 Å². The van der Waals surface area contributed by atoms with E-state index in [1.165, 1.54) is 16.7 Å². The molecule has 0 saturated carbocycles. The summed E-state index contributed by atoms with van der Waals surface area (Å²) in [4.78, 5) is 0. The fourth-order valence-electron chi connectivity index (χ4n) is 1.55. The summed E-state index contributed by atoms with van der Waals surface area (Å²) >= 11 is 0. The predicted octanol–water partition coefficient (Wildman–Crippen LogP) is 3.93. The highest BCUT2D eigenvalue weighted by molar-refractivity contribution is 5.70. The van der Waals surface area contributed by atoms with Crippen LogP contribution in [0, 0.1) is 32.1 Å². The van der Waals surface area contributed by atoms with Crippen LogP contribution < -0.4 is 0 Å². The molecule has 1 heteroatoms. The van der Waals surface area contributed by atoms with Crippen molar-refractivity contribution in [2.75, 3.05) is 0 Å². The SMILES string of the molecule is C/C(C#N)=C(\C)c1cc(C)c(C)c(C)c1. The first-order valence-electron chi connectivity index (χ1n) is 5.13. The first-order chi connectivity index (χ1) is 6.97. The van der Waals surface area contributed by atoms with E-state index >= 15 is 0 Å². The van der Waals surface area contributed by atoms with Gasteiger partial charge in [0.25, 0.3) is 0 Å². The van der Waals surface area contributed by atoms with Crippen molar-refractivity contribution < 1.29 is 0 Å².